The summed E-state index contributed by atoms with van der Waals surface area (Å²) in [4.78, 5) is 0. The Morgan fingerprint density at radius 3 is 2.65 bits per heavy atom. The number of rotatable bonds is 4. The van der Waals surface area contributed by atoms with Gasteiger partial charge in [-0.2, -0.15) is 0 Å². The zero-order valence-electron chi connectivity index (χ0n) is 9.36. The smallest absolute Gasteiger partial charge is 0.247 e. The molecule has 1 heterocycles. The number of hydrogen-bond donors (Lipinski definition) is 0. The second-order valence-electron chi connectivity index (χ2n) is 3.50. The van der Waals surface area contributed by atoms with Crippen LogP contribution in [0.1, 0.15) is 12.5 Å². The molecule has 0 atom stereocenters. The maximum Gasteiger partial charge on any atom is 0.247 e. The van der Waals surface area contributed by atoms with Crippen molar-refractivity contribution < 1.29 is 4.74 Å². The summed E-state index contributed by atoms with van der Waals surface area (Å²) in [5.41, 5.74) is 1.14. The third kappa shape index (κ3) is 3.01. The molecule has 5 heteroatoms. The Kier molecular flexibility index (Phi) is 4.44. The first-order chi connectivity index (χ1) is 8.22. The van der Waals surface area contributed by atoms with Crippen molar-refractivity contribution in [3.8, 4) is 5.88 Å². The predicted octanol–water partition coefficient (Wildman–Crippen LogP) is 3.85. The summed E-state index contributed by atoms with van der Waals surface area (Å²) in [6, 6.07) is 10.1. The summed E-state index contributed by atoms with van der Waals surface area (Å²) in [6.07, 6.45) is 0. The van der Waals surface area contributed by atoms with E-state index in [4.69, 9.17) is 4.74 Å². The maximum atomic E-state index is 5.72. The molecule has 17 heavy (non-hydrogen) atoms. The molecular formula is C12H12BrIN2O. The lowest BCUT2D eigenvalue weighted by Gasteiger charge is -2.02. The average molecular weight is 407 g/mol. The first-order valence-corrected chi connectivity index (χ1v) is 7.18. The van der Waals surface area contributed by atoms with Crippen LogP contribution in [0.4, 0.5) is 0 Å². The molecule has 0 radical (unpaired) electrons. The molecule has 0 amide bonds. The van der Waals surface area contributed by atoms with Crippen molar-refractivity contribution in [2.45, 2.75) is 20.1 Å². The minimum absolute atomic E-state index is 0.546. The Morgan fingerprint density at radius 1 is 1.35 bits per heavy atom. The Morgan fingerprint density at radius 2 is 2.06 bits per heavy atom. The molecule has 2 aromatic rings. The SMILES string of the molecule is CCn1nc(OCc2ccccc2)c(I)c1Br. The van der Waals surface area contributed by atoms with Gasteiger partial charge >= 0.3 is 0 Å². The van der Waals surface area contributed by atoms with Gasteiger partial charge in [0.2, 0.25) is 5.88 Å². The van der Waals surface area contributed by atoms with Crippen LogP contribution in [0, 0.1) is 3.57 Å². The number of benzene rings is 1. The van der Waals surface area contributed by atoms with Gasteiger partial charge in [0.15, 0.2) is 0 Å². The highest BCUT2D eigenvalue weighted by atomic mass is 127. The fourth-order valence-electron chi connectivity index (χ4n) is 1.43. The quantitative estimate of drug-likeness (QED) is 0.721. The number of nitrogens with zero attached hydrogens (tertiary/aromatic N) is 2. The van der Waals surface area contributed by atoms with Gasteiger partial charge < -0.3 is 4.74 Å². The lowest BCUT2D eigenvalue weighted by atomic mass is 10.2. The first-order valence-electron chi connectivity index (χ1n) is 5.31. The molecule has 3 nitrogen and oxygen atoms in total. The summed E-state index contributed by atoms with van der Waals surface area (Å²) in [7, 11) is 0. The Balaban J connectivity index is 2.09. The number of halogens is 2. The highest BCUT2D eigenvalue weighted by molar-refractivity contribution is 14.1. The Hall–Kier alpha value is -0.560. The fourth-order valence-corrected chi connectivity index (χ4v) is 2.47. The minimum atomic E-state index is 0.546. The van der Waals surface area contributed by atoms with Crippen LogP contribution in [-0.2, 0) is 13.2 Å². The number of hydrogen-bond acceptors (Lipinski definition) is 2. The number of ether oxygens (including phenoxy) is 1. The van der Waals surface area contributed by atoms with E-state index in [2.05, 4.69) is 50.5 Å². The molecule has 90 valence electrons. The van der Waals surface area contributed by atoms with Crippen molar-refractivity contribution in [3.63, 3.8) is 0 Å². The molecule has 0 fully saturated rings. The summed E-state index contributed by atoms with van der Waals surface area (Å²) in [5, 5.41) is 4.38. The summed E-state index contributed by atoms with van der Waals surface area (Å²) >= 11 is 5.74. The largest absolute Gasteiger partial charge is 0.471 e. The molecule has 0 aliphatic carbocycles. The second-order valence-corrected chi connectivity index (χ2v) is 5.33. The normalized spacial score (nSPS) is 10.5. The van der Waals surface area contributed by atoms with Crippen molar-refractivity contribution in [1.29, 1.82) is 0 Å². The van der Waals surface area contributed by atoms with Crippen molar-refractivity contribution in [2.75, 3.05) is 0 Å². The van der Waals surface area contributed by atoms with E-state index in [1.54, 1.807) is 0 Å². The maximum absolute atomic E-state index is 5.72. The lowest BCUT2D eigenvalue weighted by Crippen LogP contribution is -1.99. The molecule has 2 rings (SSSR count). The highest BCUT2D eigenvalue weighted by Crippen LogP contribution is 2.28. The Bertz CT molecular complexity index is 499. The van der Waals surface area contributed by atoms with Gasteiger partial charge in [0.25, 0.3) is 0 Å². The van der Waals surface area contributed by atoms with Crippen molar-refractivity contribution in [3.05, 3.63) is 44.1 Å². The van der Waals surface area contributed by atoms with Gasteiger partial charge in [-0.1, -0.05) is 30.3 Å². The van der Waals surface area contributed by atoms with E-state index in [0.29, 0.717) is 12.5 Å². The highest BCUT2D eigenvalue weighted by Gasteiger charge is 2.13. The summed E-state index contributed by atoms with van der Waals surface area (Å²) in [6.45, 7) is 3.42. The molecule has 1 aromatic carbocycles. The van der Waals surface area contributed by atoms with Crippen LogP contribution < -0.4 is 4.74 Å². The van der Waals surface area contributed by atoms with E-state index >= 15 is 0 Å². The van der Waals surface area contributed by atoms with Gasteiger partial charge in [-0.25, -0.2) is 0 Å². The molecular weight excluding hydrogens is 395 g/mol. The van der Waals surface area contributed by atoms with Crippen LogP contribution in [0.15, 0.2) is 34.9 Å². The Labute approximate surface area is 122 Å². The van der Waals surface area contributed by atoms with Crippen molar-refractivity contribution in [1.82, 2.24) is 9.78 Å². The van der Waals surface area contributed by atoms with Gasteiger partial charge in [-0.05, 0) is 51.0 Å². The minimum Gasteiger partial charge on any atom is -0.471 e. The average Bonchev–Trinajstić information content (AvgIpc) is 2.65. The molecule has 0 N–H and O–H groups in total. The van der Waals surface area contributed by atoms with Crippen LogP contribution in [-0.4, -0.2) is 9.78 Å². The van der Waals surface area contributed by atoms with Crippen LogP contribution in [0.2, 0.25) is 0 Å². The van der Waals surface area contributed by atoms with Crippen LogP contribution in [0.3, 0.4) is 0 Å². The number of aryl methyl sites for hydroxylation is 1. The standard InChI is InChI=1S/C12H12BrIN2O/c1-2-16-11(13)10(14)12(15-16)17-8-9-6-4-3-5-7-9/h3-7H,2,8H2,1H3. The zero-order valence-corrected chi connectivity index (χ0v) is 13.1. The van der Waals surface area contributed by atoms with E-state index in [1.165, 1.54) is 0 Å². The molecule has 0 bridgehead atoms. The van der Waals surface area contributed by atoms with Crippen LogP contribution >= 0.6 is 38.5 Å². The van der Waals surface area contributed by atoms with E-state index < -0.39 is 0 Å². The third-order valence-corrected chi connectivity index (χ3v) is 4.84. The zero-order chi connectivity index (χ0) is 12.3. The molecule has 0 spiro atoms. The van der Waals surface area contributed by atoms with Gasteiger partial charge in [0.05, 0.1) is 0 Å². The predicted molar refractivity (Wildman–Crippen MR) is 79.1 cm³/mol. The molecule has 0 aliphatic rings. The van der Waals surface area contributed by atoms with Gasteiger partial charge in [0.1, 0.15) is 14.8 Å². The van der Waals surface area contributed by atoms with E-state index in [-0.39, 0.29) is 0 Å². The topological polar surface area (TPSA) is 27.1 Å². The van der Waals surface area contributed by atoms with Crippen molar-refractivity contribution >= 4 is 38.5 Å². The van der Waals surface area contributed by atoms with Gasteiger partial charge in [-0.15, -0.1) is 5.10 Å². The summed E-state index contributed by atoms with van der Waals surface area (Å²) in [5.74, 6) is 0.683. The second kappa shape index (κ2) is 5.86. The van der Waals surface area contributed by atoms with E-state index in [0.717, 1.165) is 20.3 Å². The van der Waals surface area contributed by atoms with Crippen molar-refractivity contribution in [2.24, 2.45) is 0 Å². The first kappa shape index (κ1) is 12.9. The van der Waals surface area contributed by atoms with Gasteiger partial charge in [-0.3, -0.25) is 4.68 Å². The molecule has 0 unspecified atom stereocenters. The fraction of sp³-hybridized carbons (Fsp3) is 0.250. The molecule has 0 aliphatic heterocycles. The summed E-state index contributed by atoms with van der Waals surface area (Å²) < 4.78 is 9.58. The third-order valence-electron chi connectivity index (χ3n) is 2.32. The number of aromatic nitrogens is 2. The van der Waals surface area contributed by atoms with E-state index in [1.807, 2.05) is 35.0 Å². The van der Waals surface area contributed by atoms with E-state index in [9.17, 15) is 0 Å². The molecule has 1 aromatic heterocycles. The molecule has 0 saturated carbocycles. The van der Waals surface area contributed by atoms with Crippen LogP contribution in [0.5, 0.6) is 5.88 Å². The van der Waals surface area contributed by atoms with Crippen LogP contribution in [0.25, 0.3) is 0 Å². The monoisotopic (exact) mass is 406 g/mol. The lowest BCUT2D eigenvalue weighted by molar-refractivity contribution is 0.288. The molecule has 0 saturated heterocycles. The van der Waals surface area contributed by atoms with Gasteiger partial charge in [0, 0.05) is 6.54 Å².